The summed E-state index contributed by atoms with van der Waals surface area (Å²) in [6.07, 6.45) is 0. The van der Waals surface area contributed by atoms with Crippen molar-refractivity contribution in [1.82, 2.24) is 20.0 Å². The predicted octanol–water partition coefficient (Wildman–Crippen LogP) is 0.959. The van der Waals surface area contributed by atoms with E-state index in [-0.39, 0.29) is 5.91 Å². The van der Waals surface area contributed by atoms with Gasteiger partial charge in [0.2, 0.25) is 0 Å². The third-order valence-electron chi connectivity index (χ3n) is 3.76. The van der Waals surface area contributed by atoms with Crippen LogP contribution in [0.5, 0.6) is 5.75 Å². The van der Waals surface area contributed by atoms with Crippen molar-refractivity contribution >= 4 is 16.8 Å². The number of piperazine rings is 1. The van der Waals surface area contributed by atoms with Crippen LogP contribution in [0.1, 0.15) is 10.5 Å². The van der Waals surface area contributed by atoms with Crippen molar-refractivity contribution < 1.29 is 9.53 Å². The van der Waals surface area contributed by atoms with Crippen molar-refractivity contribution in [3.8, 4) is 5.75 Å². The Labute approximate surface area is 117 Å². The first-order chi connectivity index (χ1) is 9.69. The molecule has 3 rings (SSSR count). The zero-order valence-electron chi connectivity index (χ0n) is 11.7. The number of benzene rings is 1. The van der Waals surface area contributed by atoms with Gasteiger partial charge in [-0.2, -0.15) is 5.10 Å². The van der Waals surface area contributed by atoms with Crippen molar-refractivity contribution in [2.45, 2.75) is 0 Å². The van der Waals surface area contributed by atoms with Gasteiger partial charge in [0, 0.05) is 37.6 Å². The van der Waals surface area contributed by atoms with Crippen LogP contribution in [-0.2, 0) is 0 Å². The van der Waals surface area contributed by atoms with Crippen molar-refractivity contribution in [1.29, 1.82) is 0 Å². The summed E-state index contributed by atoms with van der Waals surface area (Å²) < 4.78 is 5.17. The lowest BCUT2D eigenvalue weighted by molar-refractivity contribution is 0.0660. The van der Waals surface area contributed by atoms with Gasteiger partial charge in [0.25, 0.3) is 5.91 Å². The van der Waals surface area contributed by atoms with Crippen molar-refractivity contribution in [2.75, 3.05) is 40.3 Å². The van der Waals surface area contributed by atoms with Gasteiger partial charge in [-0.3, -0.25) is 9.89 Å². The first kappa shape index (κ1) is 12.9. The number of rotatable bonds is 2. The smallest absolute Gasteiger partial charge is 0.275 e. The highest BCUT2D eigenvalue weighted by molar-refractivity contribution is 6.04. The first-order valence-electron chi connectivity index (χ1n) is 6.69. The van der Waals surface area contributed by atoms with E-state index >= 15 is 0 Å². The van der Waals surface area contributed by atoms with Crippen LogP contribution in [0.25, 0.3) is 10.9 Å². The third-order valence-corrected chi connectivity index (χ3v) is 3.76. The van der Waals surface area contributed by atoms with Gasteiger partial charge < -0.3 is 14.5 Å². The Morgan fingerprint density at radius 3 is 2.75 bits per heavy atom. The molecule has 6 nitrogen and oxygen atoms in total. The number of H-pyrrole nitrogens is 1. The van der Waals surface area contributed by atoms with Gasteiger partial charge in [0.15, 0.2) is 5.69 Å². The lowest BCUT2D eigenvalue weighted by atomic mass is 10.2. The highest BCUT2D eigenvalue weighted by Crippen LogP contribution is 2.22. The molecule has 0 atom stereocenters. The van der Waals surface area contributed by atoms with Gasteiger partial charge in [-0.15, -0.1) is 0 Å². The van der Waals surface area contributed by atoms with Crippen LogP contribution < -0.4 is 4.74 Å². The highest BCUT2D eigenvalue weighted by Gasteiger charge is 2.23. The van der Waals surface area contributed by atoms with E-state index in [2.05, 4.69) is 22.1 Å². The maximum Gasteiger partial charge on any atom is 0.275 e. The molecule has 1 N–H and O–H groups in total. The Hall–Kier alpha value is -2.08. The van der Waals surface area contributed by atoms with Crippen LogP contribution in [0.15, 0.2) is 18.2 Å². The molecule has 1 aliphatic heterocycles. The van der Waals surface area contributed by atoms with Gasteiger partial charge in [0.1, 0.15) is 5.75 Å². The van der Waals surface area contributed by atoms with Crippen molar-refractivity contribution in [3.63, 3.8) is 0 Å². The zero-order chi connectivity index (χ0) is 14.1. The molecule has 1 amide bonds. The number of carbonyl (C=O) groups is 1. The van der Waals surface area contributed by atoms with Crippen molar-refractivity contribution in [3.05, 3.63) is 23.9 Å². The molecule has 1 saturated heterocycles. The molecule has 106 valence electrons. The summed E-state index contributed by atoms with van der Waals surface area (Å²) in [5.41, 5.74) is 1.31. The van der Waals surface area contributed by atoms with E-state index in [9.17, 15) is 4.79 Å². The quantitative estimate of drug-likeness (QED) is 0.886. The van der Waals surface area contributed by atoms with Crippen LogP contribution >= 0.6 is 0 Å². The van der Waals surface area contributed by atoms with Crippen LogP contribution in [0.3, 0.4) is 0 Å². The Bertz CT molecular complexity index is 629. The molecule has 1 aromatic carbocycles. The van der Waals surface area contributed by atoms with E-state index in [1.165, 1.54) is 0 Å². The average Bonchev–Trinajstić information content (AvgIpc) is 2.90. The minimum atomic E-state index is -0.00508. The molecule has 0 saturated carbocycles. The number of aromatic nitrogens is 2. The molecule has 2 heterocycles. The summed E-state index contributed by atoms with van der Waals surface area (Å²) in [6, 6.07) is 5.57. The predicted molar refractivity (Wildman–Crippen MR) is 76.0 cm³/mol. The maximum atomic E-state index is 12.5. The van der Waals surface area contributed by atoms with Crippen LogP contribution in [-0.4, -0.2) is 66.2 Å². The average molecular weight is 274 g/mol. The lowest BCUT2D eigenvalue weighted by Gasteiger charge is -2.31. The molecule has 0 bridgehead atoms. The second kappa shape index (κ2) is 5.13. The van der Waals surface area contributed by atoms with E-state index in [1.807, 2.05) is 23.1 Å². The van der Waals surface area contributed by atoms with Crippen molar-refractivity contribution in [2.24, 2.45) is 0 Å². The fraction of sp³-hybridized carbons (Fsp3) is 0.429. The molecule has 0 radical (unpaired) electrons. The number of likely N-dealkylation sites (N-methyl/N-ethyl adjacent to an activating group) is 1. The summed E-state index contributed by atoms with van der Waals surface area (Å²) in [7, 11) is 3.69. The second-order valence-electron chi connectivity index (χ2n) is 5.08. The monoisotopic (exact) mass is 274 g/mol. The lowest BCUT2D eigenvalue weighted by Crippen LogP contribution is -2.47. The molecule has 1 aromatic heterocycles. The van der Waals surface area contributed by atoms with Gasteiger partial charge in [-0.1, -0.05) is 0 Å². The van der Waals surface area contributed by atoms with E-state index in [4.69, 9.17) is 4.74 Å². The Balaban J connectivity index is 1.88. The van der Waals surface area contributed by atoms with Crippen LogP contribution in [0.4, 0.5) is 0 Å². The summed E-state index contributed by atoms with van der Waals surface area (Å²) in [5.74, 6) is 0.745. The summed E-state index contributed by atoms with van der Waals surface area (Å²) in [4.78, 5) is 16.6. The third kappa shape index (κ3) is 2.22. The Morgan fingerprint density at radius 2 is 2.05 bits per heavy atom. The number of ether oxygens (including phenoxy) is 1. The second-order valence-corrected chi connectivity index (χ2v) is 5.08. The first-order valence-corrected chi connectivity index (χ1v) is 6.69. The largest absolute Gasteiger partial charge is 0.497 e. The van der Waals surface area contributed by atoms with E-state index < -0.39 is 0 Å². The fourth-order valence-corrected chi connectivity index (χ4v) is 2.45. The standard InChI is InChI=1S/C14H18N4O2/c1-17-5-7-18(8-6-17)14(19)13-11-4-3-10(20-2)9-12(11)15-16-13/h3-4,9H,5-8H2,1-2H3,(H,15,16). The maximum absolute atomic E-state index is 12.5. The molecule has 0 unspecified atom stereocenters. The Morgan fingerprint density at radius 1 is 1.30 bits per heavy atom. The number of carbonyl (C=O) groups excluding carboxylic acids is 1. The molecule has 1 fully saturated rings. The van der Waals surface area contributed by atoms with Crippen LogP contribution in [0.2, 0.25) is 0 Å². The number of nitrogens with one attached hydrogen (secondary N) is 1. The van der Waals surface area contributed by atoms with Crippen LogP contribution in [0, 0.1) is 0 Å². The molecule has 0 aliphatic carbocycles. The summed E-state index contributed by atoms with van der Waals surface area (Å²) in [5, 5.41) is 7.93. The molecular formula is C14H18N4O2. The van der Waals surface area contributed by atoms with Gasteiger partial charge in [-0.05, 0) is 19.2 Å². The Kier molecular flexibility index (Phi) is 3.31. The number of methoxy groups -OCH3 is 1. The molecule has 1 aliphatic rings. The minimum Gasteiger partial charge on any atom is -0.497 e. The van der Waals surface area contributed by atoms with Gasteiger partial charge >= 0.3 is 0 Å². The number of nitrogens with zero attached hydrogens (tertiary/aromatic N) is 3. The fourth-order valence-electron chi connectivity index (χ4n) is 2.45. The highest BCUT2D eigenvalue weighted by atomic mass is 16.5. The zero-order valence-corrected chi connectivity index (χ0v) is 11.7. The SMILES string of the molecule is COc1ccc2c(C(=O)N3CCN(C)CC3)n[nH]c2c1. The normalized spacial score (nSPS) is 16.6. The number of amides is 1. The topological polar surface area (TPSA) is 61.5 Å². The molecular weight excluding hydrogens is 256 g/mol. The minimum absolute atomic E-state index is 0.00508. The molecule has 2 aromatic rings. The van der Waals surface area contributed by atoms with Gasteiger partial charge in [0.05, 0.1) is 12.6 Å². The molecule has 20 heavy (non-hydrogen) atoms. The number of fused-ring (bicyclic) bond motifs is 1. The van der Waals surface area contributed by atoms with E-state index in [0.29, 0.717) is 5.69 Å². The molecule has 6 heteroatoms. The van der Waals surface area contributed by atoms with Gasteiger partial charge in [-0.25, -0.2) is 0 Å². The van der Waals surface area contributed by atoms with E-state index in [1.54, 1.807) is 7.11 Å². The molecule has 0 spiro atoms. The summed E-state index contributed by atoms with van der Waals surface area (Å²) in [6.45, 7) is 3.31. The van der Waals surface area contributed by atoms with E-state index in [0.717, 1.165) is 42.8 Å². The number of aromatic amines is 1. The number of hydrogen-bond acceptors (Lipinski definition) is 4. The number of hydrogen-bond donors (Lipinski definition) is 1. The summed E-state index contributed by atoms with van der Waals surface area (Å²) >= 11 is 0.